The molecule has 0 radical (unpaired) electrons. The molecule has 1 aliphatic carbocycles. The maximum Gasteiger partial charge on any atom is 0.321 e. The van der Waals surface area contributed by atoms with Crippen molar-refractivity contribution in [2.24, 2.45) is 5.41 Å². The number of hydrogen-bond acceptors (Lipinski definition) is 2. The Bertz CT molecular complexity index is 432. The van der Waals surface area contributed by atoms with Crippen molar-refractivity contribution >= 4 is 5.97 Å². The van der Waals surface area contributed by atoms with Gasteiger partial charge in [0.15, 0.2) is 0 Å². The second kappa shape index (κ2) is 6.40. The molecule has 0 spiro atoms. The summed E-state index contributed by atoms with van der Waals surface area (Å²) in [5, 5.41) is 12.7. The molecule has 1 saturated carbocycles. The van der Waals surface area contributed by atoms with E-state index in [4.69, 9.17) is 0 Å². The molecule has 2 rings (SSSR count). The van der Waals surface area contributed by atoms with E-state index in [1.54, 1.807) is 0 Å². The third kappa shape index (κ3) is 4.34. The molecule has 0 heterocycles. The summed E-state index contributed by atoms with van der Waals surface area (Å²) in [6.07, 6.45) is 5.04. The van der Waals surface area contributed by atoms with Crippen LogP contribution in [0.4, 0.5) is 0 Å². The molecule has 0 bridgehead atoms. The number of rotatable bonds is 5. The van der Waals surface area contributed by atoms with E-state index >= 15 is 0 Å². The minimum absolute atomic E-state index is 0.341. The number of hydrogen-bond donors (Lipinski definition) is 2. The Balaban J connectivity index is 1.92. The highest BCUT2D eigenvalue weighted by molar-refractivity contribution is 5.74. The van der Waals surface area contributed by atoms with Crippen molar-refractivity contribution in [3.05, 3.63) is 35.9 Å². The second-order valence-corrected chi connectivity index (χ2v) is 6.69. The zero-order valence-corrected chi connectivity index (χ0v) is 12.4. The number of carboxylic acid groups (broad SMARTS) is 1. The van der Waals surface area contributed by atoms with Gasteiger partial charge in [-0.3, -0.25) is 4.79 Å². The molecular weight excluding hydrogens is 250 g/mol. The monoisotopic (exact) mass is 275 g/mol. The maximum absolute atomic E-state index is 11.4. The molecule has 1 fully saturated rings. The number of carbonyl (C=O) groups is 1. The average molecular weight is 275 g/mol. The van der Waals surface area contributed by atoms with Gasteiger partial charge in [-0.2, -0.15) is 0 Å². The average Bonchev–Trinajstić information content (AvgIpc) is 2.41. The highest BCUT2D eigenvalue weighted by Gasteiger charge is 2.29. The third-order valence-corrected chi connectivity index (χ3v) is 4.36. The van der Waals surface area contributed by atoms with Crippen LogP contribution in [0.25, 0.3) is 0 Å². The van der Waals surface area contributed by atoms with Gasteiger partial charge in [0.2, 0.25) is 0 Å². The molecule has 0 aromatic heterocycles. The first-order valence-corrected chi connectivity index (χ1v) is 7.49. The van der Waals surface area contributed by atoms with E-state index in [1.165, 1.54) is 12.8 Å². The summed E-state index contributed by atoms with van der Waals surface area (Å²) >= 11 is 0. The van der Waals surface area contributed by atoms with Crippen LogP contribution in [-0.2, 0) is 11.2 Å². The summed E-state index contributed by atoms with van der Waals surface area (Å²) in [6, 6.07) is 9.70. The van der Waals surface area contributed by atoms with Gasteiger partial charge < -0.3 is 10.4 Å². The van der Waals surface area contributed by atoms with Crippen LogP contribution in [0.3, 0.4) is 0 Å². The first-order chi connectivity index (χ1) is 9.46. The fraction of sp³-hybridized carbons (Fsp3) is 0.588. The maximum atomic E-state index is 11.4. The molecule has 3 nitrogen and oxygen atoms in total. The summed E-state index contributed by atoms with van der Waals surface area (Å²) in [5.74, 6) is -0.751. The van der Waals surface area contributed by atoms with Crippen LogP contribution < -0.4 is 5.32 Å². The second-order valence-electron chi connectivity index (χ2n) is 6.69. The van der Waals surface area contributed by atoms with Crippen molar-refractivity contribution in [1.29, 1.82) is 0 Å². The lowest BCUT2D eigenvalue weighted by Gasteiger charge is -2.35. The lowest BCUT2D eigenvalue weighted by atomic mass is 9.75. The quantitative estimate of drug-likeness (QED) is 0.867. The van der Waals surface area contributed by atoms with Crippen molar-refractivity contribution in [2.75, 3.05) is 0 Å². The van der Waals surface area contributed by atoms with Gasteiger partial charge in [0, 0.05) is 6.04 Å². The minimum atomic E-state index is -0.751. The predicted octanol–water partition coefficient (Wildman–Crippen LogP) is 3.24. The Labute approximate surface area is 121 Å². The van der Waals surface area contributed by atoms with Gasteiger partial charge in [0.25, 0.3) is 0 Å². The van der Waals surface area contributed by atoms with Gasteiger partial charge in [-0.15, -0.1) is 0 Å². The molecule has 0 amide bonds. The molecule has 0 saturated heterocycles. The fourth-order valence-corrected chi connectivity index (χ4v) is 2.92. The molecule has 2 N–H and O–H groups in total. The highest BCUT2D eigenvalue weighted by atomic mass is 16.4. The third-order valence-electron chi connectivity index (χ3n) is 4.36. The van der Waals surface area contributed by atoms with Crippen LogP contribution in [0.15, 0.2) is 30.3 Å². The van der Waals surface area contributed by atoms with Crippen LogP contribution in [0.1, 0.15) is 45.1 Å². The minimum Gasteiger partial charge on any atom is -0.480 e. The SMILES string of the molecule is CC1(C)CCC(N[C@H](Cc2ccccc2)C(=O)O)CC1. The molecule has 0 aliphatic heterocycles. The zero-order chi connectivity index (χ0) is 14.6. The van der Waals surface area contributed by atoms with Crippen molar-refractivity contribution in [2.45, 2.75) is 58.0 Å². The molecule has 110 valence electrons. The van der Waals surface area contributed by atoms with E-state index < -0.39 is 12.0 Å². The Kier molecular flexibility index (Phi) is 4.81. The highest BCUT2D eigenvalue weighted by Crippen LogP contribution is 2.35. The Morgan fingerprint density at radius 1 is 1.30 bits per heavy atom. The van der Waals surface area contributed by atoms with Gasteiger partial charge >= 0.3 is 5.97 Å². The summed E-state index contributed by atoms with van der Waals surface area (Å²) in [4.78, 5) is 11.4. The first-order valence-electron chi connectivity index (χ1n) is 7.49. The van der Waals surface area contributed by atoms with Crippen LogP contribution in [-0.4, -0.2) is 23.2 Å². The standard InChI is InChI=1S/C17H25NO2/c1-17(2)10-8-14(9-11-17)18-15(16(19)20)12-13-6-4-3-5-7-13/h3-7,14-15,18H,8-12H2,1-2H3,(H,19,20)/t15-/m1/s1. The Morgan fingerprint density at radius 3 is 2.45 bits per heavy atom. The zero-order valence-electron chi connectivity index (χ0n) is 12.4. The number of aliphatic carboxylic acids is 1. The van der Waals surface area contributed by atoms with E-state index in [-0.39, 0.29) is 0 Å². The molecule has 1 aliphatic rings. The van der Waals surface area contributed by atoms with Gasteiger partial charge in [0.1, 0.15) is 6.04 Å². The smallest absolute Gasteiger partial charge is 0.321 e. The van der Waals surface area contributed by atoms with E-state index in [2.05, 4.69) is 19.2 Å². The molecule has 20 heavy (non-hydrogen) atoms. The molecule has 1 aromatic rings. The van der Waals surface area contributed by atoms with Crippen LogP contribution >= 0.6 is 0 Å². The van der Waals surface area contributed by atoms with Gasteiger partial charge in [-0.25, -0.2) is 0 Å². The van der Waals surface area contributed by atoms with E-state index in [1.807, 2.05) is 30.3 Å². The van der Waals surface area contributed by atoms with Crippen molar-refractivity contribution in [1.82, 2.24) is 5.32 Å². The Morgan fingerprint density at radius 2 is 1.90 bits per heavy atom. The normalized spacial score (nSPS) is 20.5. The molecule has 1 aromatic carbocycles. The van der Waals surface area contributed by atoms with Crippen molar-refractivity contribution in [3.8, 4) is 0 Å². The molecule has 3 heteroatoms. The van der Waals surface area contributed by atoms with Crippen molar-refractivity contribution in [3.63, 3.8) is 0 Å². The predicted molar refractivity (Wildman–Crippen MR) is 80.7 cm³/mol. The number of benzene rings is 1. The summed E-state index contributed by atoms with van der Waals surface area (Å²) in [5.41, 5.74) is 1.49. The molecule has 1 atom stereocenters. The van der Waals surface area contributed by atoms with Crippen LogP contribution in [0.5, 0.6) is 0 Å². The number of nitrogens with one attached hydrogen (secondary N) is 1. The van der Waals surface area contributed by atoms with E-state index in [0.29, 0.717) is 17.9 Å². The van der Waals surface area contributed by atoms with Gasteiger partial charge in [-0.1, -0.05) is 44.2 Å². The first kappa shape index (κ1) is 15.0. The molecule has 0 unspecified atom stereocenters. The summed E-state index contributed by atoms with van der Waals surface area (Å²) in [6.45, 7) is 4.59. The van der Waals surface area contributed by atoms with E-state index in [9.17, 15) is 9.90 Å². The lowest BCUT2D eigenvalue weighted by molar-refractivity contribution is -0.139. The van der Waals surface area contributed by atoms with Crippen LogP contribution in [0, 0.1) is 5.41 Å². The van der Waals surface area contributed by atoms with E-state index in [0.717, 1.165) is 18.4 Å². The van der Waals surface area contributed by atoms with Gasteiger partial charge in [-0.05, 0) is 43.1 Å². The van der Waals surface area contributed by atoms with Gasteiger partial charge in [0.05, 0.1) is 0 Å². The summed E-state index contributed by atoms with van der Waals surface area (Å²) < 4.78 is 0. The van der Waals surface area contributed by atoms with Crippen LogP contribution in [0.2, 0.25) is 0 Å². The topological polar surface area (TPSA) is 49.3 Å². The summed E-state index contributed by atoms with van der Waals surface area (Å²) in [7, 11) is 0. The fourth-order valence-electron chi connectivity index (χ4n) is 2.92. The molecular formula is C17H25NO2. The largest absolute Gasteiger partial charge is 0.480 e. The Hall–Kier alpha value is -1.35. The van der Waals surface area contributed by atoms with Crippen molar-refractivity contribution < 1.29 is 9.90 Å². The lowest BCUT2D eigenvalue weighted by Crippen LogP contribution is -2.46. The number of carboxylic acids is 1.